The lowest BCUT2D eigenvalue weighted by atomic mass is 10.2. The number of carbonyl (C=O) groups is 1. The second kappa shape index (κ2) is 7.08. The average Bonchev–Trinajstić information content (AvgIpc) is 3.21. The highest BCUT2D eigenvalue weighted by Gasteiger charge is 2.32. The molecule has 1 fully saturated rings. The zero-order chi connectivity index (χ0) is 17.9. The van der Waals surface area contributed by atoms with Crippen LogP contribution in [0.25, 0.3) is 11.5 Å². The number of likely N-dealkylation sites (tertiary alicyclic amines) is 1. The number of nitrogens with one attached hydrogen (secondary N) is 1. The summed E-state index contributed by atoms with van der Waals surface area (Å²) in [5.41, 5.74) is 0.150. The van der Waals surface area contributed by atoms with Crippen LogP contribution in [0.3, 0.4) is 0 Å². The maximum absolute atomic E-state index is 12.3. The monoisotopic (exact) mass is 345 g/mol. The molecule has 0 spiro atoms. The predicted molar refractivity (Wildman–Crippen MR) is 92.0 cm³/mol. The fraction of sp³-hybridized carbons (Fsp3) is 0.529. The molecule has 1 N–H and O–H groups in total. The maximum atomic E-state index is 12.3. The van der Waals surface area contributed by atoms with Gasteiger partial charge in [-0.2, -0.15) is 4.98 Å². The molecule has 1 unspecified atom stereocenters. The molecule has 134 valence electrons. The Balaban J connectivity index is 1.58. The lowest BCUT2D eigenvalue weighted by Gasteiger charge is -2.28. The molecule has 3 heterocycles. The Labute approximate surface area is 146 Å². The van der Waals surface area contributed by atoms with Crippen molar-refractivity contribution in [3.8, 4) is 11.5 Å². The largest absolute Gasteiger partial charge is 0.444 e. The molecule has 0 aromatic carbocycles. The summed E-state index contributed by atoms with van der Waals surface area (Å²) in [5.74, 6) is 0.429. The van der Waals surface area contributed by atoms with E-state index in [1.165, 1.54) is 0 Å². The molecule has 1 aliphatic rings. The third-order valence-corrected chi connectivity index (χ3v) is 3.81. The molecule has 8 nitrogen and oxygen atoms in total. The van der Waals surface area contributed by atoms with E-state index in [-0.39, 0.29) is 12.1 Å². The third kappa shape index (κ3) is 4.46. The van der Waals surface area contributed by atoms with Gasteiger partial charge in [-0.25, -0.2) is 4.79 Å². The van der Waals surface area contributed by atoms with Crippen LogP contribution in [0.5, 0.6) is 0 Å². The molecule has 3 rings (SSSR count). The summed E-state index contributed by atoms with van der Waals surface area (Å²) in [6, 6.07) is 5.87. The zero-order valence-corrected chi connectivity index (χ0v) is 14.7. The molecule has 0 aliphatic carbocycles. The number of ether oxygens (including phenoxy) is 1. The molecule has 1 amide bonds. The topological polar surface area (TPSA) is 93.4 Å². The number of amides is 1. The van der Waals surface area contributed by atoms with Crippen molar-refractivity contribution < 1.29 is 14.1 Å². The Kier molecular flexibility index (Phi) is 4.87. The van der Waals surface area contributed by atoms with Crippen LogP contribution in [0.2, 0.25) is 0 Å². The van der Waals surface area contributed by atoms with Crippen molar-refractivity contribution in [1.82, 2.24) is 20.0 Å². The van der Waals surface area contributed by atoms with Gasteiger partial charge in [-0.3, -0.25) is 4.98 Å². The molecule has 2 aromatic rings. The summed E-state index contributed by atoms with van der Waals surface area (Å²) in [6.45, 7) is 6.83. The number of aromatic nitrogens is 3. The number of nitrogens with zero attached hydrogens (tertiary/aromatic N) is 4. The lowest BCUT2D eigenvalue weighted by molar-refractivity contribution is 0.0234. The number of carbonyl (C=O) groups excluding carboxylic acids is 1. The van der Waals surface area contributed by atoms with E-state index >= 15 is 0 Å². The number of hydrogen-bond donors (Lipinski definition) is 1. The minimum atomic E-state index is -0.498. The number of anilines is 1. The predicted octanol–water partition coefficient (Wildman–Crippen LogP) is 2.94. The van der Waals surface area contributed by atoms with Crippen molar-refractivity contribution in [2.75, 3.05) is 18.4 Å². The second-order valence-electron chi connectivity index (χ2n) is 6.99. The van der Waals surface area contributed by atoms with E-state index in [2.05, 4.69) is 20.4 Å². The summed E-state index contributed by atoms with van der Waals surface area (Å²) in [7, 11) is 0. The van der Waals surface area contributed by atoms with E-state index in [9.17, 15) is 4.79 Å². The second-order valence-corrected chi connectivity index (χ2v) is 6.99. The van der Waals surface area contributed by atoms with Gasteiger partial charge in [-0.15, -0.1) is 0 Å². The van der Waals surface area contributed by atoms with Crippen molar-refractivity contribution in [3.63, 3.8) is 0 Å². The van der Waals surface area contributed by atoms with Gasteiger partial charge >= 0.3 is 12.1 Å². The van der Waals surface area contributed by atoms with Crippen LogP contribution in [-0.4, -0.2) is 50.9 Å². The van der Waals surface area contributed by atoms with Gasteiger partial charge < -0.3 is 19.5 Å². The minimum Gasteiger partial charge on any atom is -0.444 e. The smallest absolute Gasteiger partial charge is 0.410 e. The van der Waals surface area contributed by atoms with Gasteiger partial charge in [-0.05, 0) is 45.7 Å². The van der Waals surface area contributed by atoms with E-state index < -0.39 is 5.60 Å². The van der Waals surface area contributed by atoms with E-state index in [0.29, 0.717) is 30.6 Å². The molecule has 0 saturated carbocycles. The Morgan fingerprint density at radius 1 is 1.44 bits per heavy atom. The highest BCUT2D eigenvalue weighted by Crippen LogP contribution is 2.22. The lowest BCUT2D eigenvalue weighted by Crippen LogP contribution is -2.42. The number of hydrogen-bond acceptors (Lipinski definition) is 7. The summed E-state index contributed by atoms with van der Waals surface area (Å²) >= 11 is 0. The summed E-state index contributed by atoms with van der Waals surface area (Å²) < 4.78 is 10.7. The maximum Gasteiger partial charge on any atom is 0.410 e. The average molecular weight is 345 g/mol. The molecule has 25 heavy (non-hydrogen) atoms. The summed E-state index contributed by atoms with van der Waals surface area (Å²) in [6.07, 6.45) is 3.26. The van der Waals surface area contributed by atoms with Gasteiger partial charge in [0.05, 0.1) is 6.04 Å². The molecule has 0 radical (unpaired) electrons. The van der Waals surface area contributed by atoms with Crippen LogP contribution in [-0.2, 0) is 4.74 Å². The Bertz CT molecular complexity index is 711. The van der Waals surface area contributed by atoms with Crippen molar-refractivity contribution in [2.45, 2.75) is 45.3 Å². The first-order valence-corrected chi connectivity index (χ1v) is 8.41. The Morgan fingerprint density at radius 3 is 3.00 bits per heavy atom. The normalized spacial score (nSPS) is 17.6. The van der Waals surface area contributed by atoms with Gasteiger partial charge in [-0.1, -0.05) is 11.2 Å². The fourth-order valence-corrected chi connectivity index (χ4v) is 2.71. The zero-order valence-electron chi connectivity index (χ0n) is 14.7. The highest BCUT2D eigenvalue weighted by atomic mass is 16.6. The van der Waals surface area contributed by atoms with Crippen molar-refractivity contribution in [3.05, 3.63) is 24.4 Å². The van der Waals surface area contributed by atoms with Gasteiger partial charge in [0, 0.05) is 19.3 Å². The molecule has 8 heteroatoms. The summed E-state index contributed by atoms with van der Waals surface area (Å²) in [4.78, 5) is 22.5. The van der Waals surface area contributed by atoms with Crippen LogP contribution in [0.1, 0.15) is 33.6 Å². The van der Waals surface area contributed by atoms with Crippen LogP contribution >= 0.6 is 0 Å². The SMILES string of the molecule is CC(C)(C)OC(=O)N1CCCC1CNc1nc(-c2ccccn2)no1. The quantitative estimate of drug-likeness (QED) is 0.910. The first kappa shape index (κ1) is 17.2. The highest BCUT2D eigenvalue weighted by molar-refractivity contribution is 5.69. The van der Waals surface area contributed by atoms with Gasteiger partial charge in [0.25, 0.3) is 0 Å². The van der Waals surface area contributed by atoms with Crippen molar-refractivity contribution >= 4 is 12.1 Å². The van der Waals surface area contributed by atoms with Crippen LogP contribution in [0, 0.1) is 0 Å². The first-order chi connectivity index (χ1) is 11.9. The molecular formula is C17H23N5O3. The van der Waals surface area contributed by atoms with Crippen LogP contribution < -0.4 is 5.32 Å². The van der Waals surface area contributed by atoms with Gasteiger partial charge in [0.2, 0.25) is 5.82 Å². The Morgan fingerprint density at radius 2 is 2.28 bits per heavy atom. The minimum absolute atomic E-state index is 0.0417. The van der Waals surface area contributed by atoms with E-state index in [1.807, 2.05) is 39.0 Å². The van der Waals surface area contributed by atoms with Crippen LogP contribution in [0.4, 0.5) is 10.8 Å². The summed E-state index contributed by atoms with van der Waals surface area (Å²) in [5, 5.41) is 7.02. The molecular weight excluding hydrogens is 322 g/mol. The van der Waals surface area contributed by atoms with E-state index in [1.54, 1.807) is 11.1 Å². The fourth-order valence-electron chi connectivity index (χ4n) is 2.71. The molecule has 0 bridgehead atoms. The molecule has 1 saturated heterocycles. The Hall–Kier alpha value is -2.64. The molecule has 1 aliphatic heterocycles. The van der Waals surface area contributed by atoms with E-state index in [4.69, 9.17) is 9.26 Å². The third-order valence-electron chi connectivity index (χ3n) is 3.81. The van der Waals surface area contributed by atoms with Crippen LogP contribution in [0.15, 0.2) is 28.9 Å². The van der Waals surface area contributed by atoms with E-state index in [0.717, 1.165) is 12.8 Å². The molecule has 2 aromatic heterocycles. The standard InChI is InChI=1S/C17H23N5O3/c1-17(2,3)24-16(23)22-10-6-7-12(22)11-19-15-20-14(21-25-15)13-8-4-5-9-18-13/h4-5,8-9,12H,6-7,10-11H2,1-3H3,(H,19,20,21). The molecule has 1 atom stereocenters. The number of rotatable bonds is 4. The van der Waals surface area contributed by atoms with Crippen molar-refractivity contribution in [2.24, 2.45) is 0 Å². The van der Waals surface area contributed by atoms with Gasteiger partial charge in [0.15, 0.2) is 0 Å². The first-order valence-electron chi connectivity index (χ1n) is 8.41. The van der Waals surface area contributed by atoms with Crippen molar-refractivity contribution in [1.29, 1.82) is 0 Å². The van der Waals surface area contributed by atoms with Gasteiger partial charge in [0.1, 0.15) is 11.3 Å². The number of pyridine rings is 1.